The summed E-state index contributed by atoms with van der Waals surface area (Å²) in [5, 5.41) is 2.46. The van der Waals surface area contributed by atoms with E-state index in [9.17, 15) is 4.39 Å². The second kappa shape index (κ2) is 8.72. The number of rotatable bonds is 7. The van der Waals surface area contributed by atoms with Crippen LogP contribution in [0, 0.1) is 11.7 Å². The van der Waals surface area contributed by atoms with E-state index in [0.717, 1.165) is 51.5 Å². The minimum atomic E-state index is -0.220. The smallest absolute Gasteiger partial charge is 0.144 e. The summed E-state index contributed by atoms with van der Waals surface area (Å²) in [7, 11) is 0. The van der Waals surface area contributed by atoms with Gasteiger partial charge < -0.3 is 0 Å². The number of hydrogen-bond acceptors (Lipinski definition) is 3. The van der Waals surface area contributed by atoms with Gasteiger partial charge in [0.1, 0.15) is 21.2 Å². The third-order valence-electron chi connectivity index (χ3n) is 6.05. The lowest BCUT2D eigenvalue weighted by atomic mass is 9.92. The highest BCUT2D eigenvalue weighted by Gasteiger charge is 2.47. The average molecular weight is 560 g/mol. The van der Waals surface area contributed by atoms with E-state index in [2.05, 4.69) is 67.2 Å². The molecule has 6 heteroatoms. The summed E-state index contributed by atoms with van der Waals surface area (Å²) in [4.78, 5) is 10.5. The Hall–Kier alpha value is -1.63. The first kappa shape index (κ1) is 21.2. The number of benzene rings is 2. The Kier molecular flexibility index (Phi) is 5.97. The molecule has 0 bridgehead atoms. The van der Waals surface area contributed by atoms with E-state index in [4.69, 9.17) is 4.98 Å². The molecule has 1 fully saturated rings. The summed E-state index contributed by atoms with van der Waals surface area (Å²) in [6.45, 7) is 0. The molecule has 2 heterocycles. The summed E-state index contributed by atoms with van der Waals surface area (Å²) in [5.74, 6) is 0.220. The van der Waals surface area contributed by atoms with E-state index >= 15 is 0 Å². The quantitative estimate of drug-likeness (QED) is 0.219. The van der Waals surface area contributed by atoms with Crippen LogP contribution in [0.15, 0.2) is 60.7 Å². The number of fused-ring (bicyclic) bond motifs is 1. The van der Waals surface area contributed by atoms with Gasteiger partial charge in [0.15, 0.2) is 0 Å². The topological polar surface area (TPSA) is 25.8 Å². The molecule has 0 N–H and O–H groups in total. The highest BCUT2D eigenvalue weighted by Crippen LogP contribution is 2.53. The summed E-state index contributed by atoms with van der Waals surface area (Å²) < 4.78 is 14.9. The lowest BCUT2D eigenvalue weighted by Gasteiger charge is -2.14. The van der Waals surface area contributed by atoms with Crippen molar-refractivity contribution in [3.05, 3.63) is 83.3 Å². The van der Waals surface area contributed by atoms with Crippen LogP contribution < -0.4 is 0 Å². The molecule has 0 aliphatic heterocycles. The number of thiazole rings is 1. The Bertz CT molecular complexity index is 1220. The maximum absolute atomic E-state index is 14.9. The Labute approximate surface area is 202 Å². The van der Waals surface area contributed by atoms with Crippen molar-refractivity contribution in [3.8, 4) is 10.6 Å². The first-order valence-corrected chi connectivity index (χ1v) is 13.4. The summed E-state index contributed by atoms with van der Waals surface area (Å²) in [5.41, 5.74) is 4.81. The number of hydrogen-bond donors (Lipinski definition) is 0. The maximum atomic E-state index is 14.9. The number of halogens is 3. The molecule has 0 unspecified atom stereocenters. The fourth-order valence-corrected chi connectivity index (χ4v) is 6.61. The monoisotopic (exact) mass is 558 g/mol. The Balaban J connectivity index is 1.46. The van der Waals surface area contributed by atoms with E-state index in [1.54, 1.807) is 6.07 Å². The zero-order valence-electron chi connectivity index (χ0n) is 16.8. The fraction of sp³-hybridized carbons (Fsp3) is 0.280. The van der Waals surface area contributed by atoms with Crippen LogP contribution in [0.5, 0.6) is 0 Å². The largest absolute Gasteiger partial charge is 0.239 e. The van der Waals surface area contributed by atoms with Crippen molar-refractivity contribution in [2.24, 2.45) is 5.92 Å². The Morgan fingerprint density at radius 1 is 0.968 bits per heavy atom. The van der Waals surface area contributed by atoms with Crippen molar-refractivity contribution in [3.63, 3.8) is 0 Å². The molecular formula is C25H21Br2FN2S. The lowest BCUT2D eigenvalue weighted by molar-refractivity contribution is 0.621. The predicted molar refractivity (Wildman–Crippen MR) is 134 cm³/mol. The number of pyridine rings is 1. The van der Waals surface area contributed by atoms with Crippen molar-refractivity contribution < 1.29 is 4.39 Å². The third kappa shape index (κ3) is 4.10. The van der Waals surface area contributed by atoms with Gasteiger partial charge in [-0.3, -0.25) is 0 Å². The summed E-state index contributed by atoms with van der Waals surface area (Å²) in [6, 6.07) is 20.2. The molecule has 158 valence electrons. The highest BCUT2D eigenvalue weighted by atomic mass is 79.9. The average Bonchev–Trinajstić information content (AvgIpc) is 3.51. The van der Waals surface area contributed by atoms with Crippen molar-refractivity contribution in [1.82, 2.24) is 9.97 Å². The van der Waals surface area contributed by atoms with Gasteiger partial charge in [-0.15, -0.1) is 0 Å². The standard InChI is InChI=1S/C25H21Br2FN2S/c26-14-17(15-27)12-16-6-7-19(20(28)13-16)23-29-21-8-9-22(30-24(21)31-23)25(10-11-25)18-4-2-1-3-5-18/h1-9,13,17H,10-12,14-15H2. The van der Waals surface area contributed by atoms with Crippen LogP contribution in [-0.2, 0) is 11.8 Å². The molecule has 0 amide bonds. The van der Waals surface area contributed by atoms with E-state index in [-0.39, 0.29) is 11.2 Å². The lowest BCUT2D eigenvalue weighted by Crippen LogP contribution is -2.10. The Morgan fingerprint density at radius 3 is 2.42 bits per heavy atom. The molecule has 2 aromatic carbocycles. The number of nitrogens with zero attached hydrogens (tertiary/aromatic N) is 2. The predicted octanol–water partition coefficient (Wildman–Crippen LogP) is 7.53. The molecular weight excluding hydrogens is 539 g/mol. The number of alkyl halides is 2. The third-order valence-corrected chi connectivity index (χ3v) is 8.88. The normalized spacial score (nSPS) is 15.0. The zero-order valence-corrected chi connectivity index (χ0v) is 20.8. The van der Waals surface area contributed by atoms with Gasteiger partial charge in [0.25, 0.3) is 0 Å². The summed E-state index contributed by atoms with van der Waals surface area (Å²) >= 11 is 8.51. The van der Waals surface area contributed by atoms with Crippen LogP contribution in [0.3, 0.4) is 0 Å². The van der Waals surface area contributed by atoms with Gasteiger partial charge >= 0.3 is 0 Å². The van der Waals surface area contributed by atoms with Crippen molar-refractivity contribution in [2.75, 3.05) is 10.7 Å². The molecule has 0 spiro atoms. The first-order valence-electron chi connectivity index (χ1n) is 10.4. The molecule has 0 saturated heterocycles. The molecule has 1 aliphatic carbocycles. The molecule has 1 saturated carbocycles. The molecule has 31 heavy (non-hydrogen) atoms. The van der Waals surface area contributed by atoms with E-state index < -0.39 is 0 Å². The van der Waals surface area contributed by atoms with Gasteiger partial charge in [-0.25, -0.2) is 14.4 Å². The van der Waals surface area contributed by atoms with Gasteiger partial charge in [-0.1, -0.05) is 79.6 Å². The molecule has 4 aromatic rings. The van der Waals surface area contributed by atoms with Crippen LogP contribution in [-0.4, -0.2) is 20.6 Å². The molecule has 0 atom stereocenters. The van der Waals surface area contributed by atoms with E-state index in [1.807, 2.05) is 24.3 Å². The van der Waals surface area contributed by atoms with E-state index in [0.29, 0.717) is 16.5 Å². The van der Waals surface area contributed by atoms with Crippen molar-refractivity contribution in [2.45, 2.75) is 24.7 Å². The molecule has 0 radical (unpaired) electrons. The molecule has 1 aliphatic rings. The van der Waals surface area contributed by atoms with Crippen LogP contribution in [0.2, 0.25) is 0 Å². The molecule has 2 nitrogen and oxygen atoms in total. The molecule has 2 aromatic heterocycles. The first-order chi connectivity index (χ1) is 15.1. The van der Waals surface area contributed by atoms with Crippen LogP contribution >= 0.6 is 43.2 Å². The van der Waals surface area contributed by atoms with Gasteiger partial charge in [0.2, 0.25) is 0 Å². The maximum Gasteiger partial charge on any atom is 0.144 e. The SMILES string of the molecule is Fc1cc(CC(CBr)CBr)ccc1-c1nc2ccc(C3(c4ccccc4)CC3)nc2s1. The van der Waals surface area contributed by atoms with Crippen LogP contribution in [0.1, 0.15) is 29.7 Å². The van der Waals surface area contributed by atoms with Crippen molar-refractivity contribution in [1.29, 1.82) is 0 Å². The second-order valence-electron chi connectivity index (χ2n) is 8.18. The minimum absolute atomic E-state index is 0.0217. The summed E-state index contributed by atoms with van der Waals surface area (Å²) in [6.07, 6.45) is 3.06. The van der Waals surface area contributed by atoms with Crippen LogP contribution in [0.4, 0.5) is 4.39 Å². The van der Waals surface area contributed by atoms with Crippen LogP contribution in [0.25, 0.3) is 20.9 Å². The van der Waals surface area contributed by atoms with Gasteiger partial charge in [-0.2, -0.15) is 0 Å². The van der Waals surface area contributed by atoms with Gasteiger partial charge in [0, 0.05) is 21.6 Å². The second-order valence-corrected chi connectivity index (χ2v) is 10.5. The van der Waals surface area contributed by atoms with Crippen molar-refractivity contribution >= 4 is 53.5 Å². The van der Waals surface area contributed by atoms with Gasteiger partial charge in [0.05, 0.1) is 5.69 Å². The zero-order chi connectivity index (χ0) is 21.4. The minimum Gasteiger partial charge on any atom is -0.239 e. The highest BCUT2D eigenvalue weighted by molar-refractivity contribution is 9.09. The van der Waals surface area contributed by atoms with E-state index in [1.165, 1.54) is 16.9 Å². The van der Waals surface area contributed by atoms with Gasteiger partial charge in [-0.05, 0) is 60.6 Å². The number of aromatic nitrogens is 2. The molecule has 5 rings (SSSR count). The fourth-order valence-electron chi connectivity index (χ4n) is 4.12. The Morgan fingerprint density at radius 2 is 1.74 bits per heavy atom.